The Morgan fingerprint density at radius 2 is 2.05 bits per heavy atom. The topological polar surface area (TPSA) is 52.6 Å². The summed E-state index contributed by atoms with van der Waals surface area (Å²) in [4.78, 5) is 13.5. The number of aliphatic hydroxyl groups is 1. The number of halogens is 1. The fraction of sp³-hybridized carbons (Fsp3) is 0.533. The van der Waals surface area contributed by atoms with Gasteiger partial charge >= 0.3 is 0 Å². The number of hydrogen-bond donors (Lipinski definition) is 2. The molecule has 0 aromatic heterocycles. The molecule has 1 atom stereocenters. The van der Waals surface area contributed by atoms with Crippen LogP contribution < -0.4 is 5.32 Å². The zero-order valence-electron chi connectivity index (χ0n) is 12.1. The summed E-state index contributed by atoms with van der Waals surface area (Å²) in [6, 6.07) is 6.27. The van der Waals surface area contributed by atoms with Crippen LogP contribution in [0.4, 0.5) is 4.39 Å². The van der Waals surface area contributed by atoms with E-state index in [9.17, 15) is 9.18 Å². The Labute approximate surface area is 119 Å². The molecule has 1 rings (SSSR count). The number of aliphatic hydroxyl groups excluding tert-OH is 1. The molecule has 2 N–H and O–H groups in total. The van der Waals surface area contributed by atoms with E-state index in [-0.39, 0.29) is 17.8 Å². The van der Waals surface area contributed by atoms with Gasteiger partial charge in [0.1, 0.15) is 5.82 Å². The summed E-state index contributed by atoms with van der Waals surface area (Å²) in [6.07, 6.45) is 0.988. The molecule has 1 amide bonds. The maximum absolute atomic E-state index is 12.7. The first-order valence-corrected chi connectivity index (χ1v) is 6.85. The summed E-state index contributed by atoms with van der Waals surface area (Å²) in [5.74, 6) is -0.294. The van der Waals surface area contributed by atoms with Gasteiger partial charge in [0.25, 0.3) is 0 Å². The van der Waals surface area contributed by atoms with Gasteiger partial charge in [-0.05, 0) is 44.5 Å². The van der Waals surface area contributed by atoms with Crippen molar-refractivity contribution in [1.29, 1.82) is 0 Å². The average Bonchev–Trinajstić information content (AvgIpc) is 2.38. The number of likely N-dealkylation sites (N-methyl/N-ethyl adjacent to an activating group) is 1. The number of hydrogen-bond acceptors (Lipinski definition) is 3. The van der Waals surface area contributed by atoms with Crippen LogP contribution in [-0.4, -0.2) is 48.7 Å². The Kier molecular flexibility index (Phi) is 7.18. The molecule has 4 nitrogen and oxygen atoms in total. The highest BCUT2D eigenvalue weighted by Crippen LogP contribution is 2.02. The Bertz CT molecular complexity index is 407. The molecule has 0 heterocycles. The quantitative estimate of drug-likeness (QED) is 0.753. The molecule has 5 heteroatoms. The van der Waals surface area contributed by atoms with Gasteiger partial charge in [-0.25, -0.2) is 4.39 Å². The summed E-state index contributed by atoms with van der Waals surface area (Å²) in [5.41, 5.74) is 0.995. The highest BCUT2D eigenvalue weighted by Gasteiger charge is 2.07. The largest absolute Gasteiger partial charge is 0.393 e. The molecule has 1 unspecified atom stereocenters. The minimum absolute atomic E-state index is 0.0415. The Balaban J connectivity index is 2.18. The van der Waals surface area contributed by atoms with Gasteiger partial charge < -0.3 is 10.4 Å². The van der Waals surface area contributed by atoms with Gasteiger partial charge in [-0.3, -0.25) is 9.69 Å². The predicted molar refractivity (Wildman–Crippen MR) is 76.9 cm³/mol. The number of carbonyl (C=O) groups is 1. The predicted octanol–water partition coefficient (Wildman–Crippen LogP) is 1.19. The molecule has 1 aromatic carbocycles. The fourth-order valence-corrected chi connectivity index (χ4v) is 1.78. The molecule has 0 fully saturated rings. The summed E-state index contributed by atoms with van der Waals surface area (Å²) in [6.45, 7) is 3.27. The average molecular weight is 282 g/mol. The molecule has 1 aromatic rings. The first kappa shape index (κ1) is 16.6. The van der Waals surface area contributed by atoms with Crippen LogP contribution in [0, 0.1) is 5.82 Å². The van der Waals surface area contributed by atoms with Crippen LogP contribution in [0.25, 0.3) is 0 Å². The monoisotopic (exact) mass is 282 g/mol. The van der Waals surface area contributed by atoms with Gasteiger partial charge in [-0.15, -0.1) is 0 Å². The normalized spacial score (nSPS) is 12.4. The van der Waals surface area contributed by atoms with Gasteiger partial charge in [0.2, 0.25) is 5.91 Å². The lowest BCUT2D eigenvalue weighted by molar-refractivity contribution is -0.122. The Morgan fingerprint density at radius 3 is 2.65 bits per heavy atom. The molecule has 0 aliphatic heterocycles. The number of amides is 1. The maximum atomic E-state index is 12.7. The van der Waals surface area contributed by atoms with Crippen molar-refractivity contribution in [1.82, 2.24) is 10.2 Å². The van der Waals surface area contributed by atoms with Gasteiger partial charge in [0.05, 0.1) is 12.6 Å². The van der Waals surface area contributed by atoms with E-state index in [2.05, 4.69) is 5.32 Å². The molecule has 0 bridgehead atoms. The first-order chi connectivity index (χ1) is 9.47. The van der Waals surface area contributed by atoms with Crippen LogP contribution >= 0.6 is 0 Å². The van der Waals surface area contributed by atoms with E-state index in [4.69, 9.17) is 5.11 Å². The second-order valence-corrected chi connectivity index (χ2v) is 5.10. The van der Waals surface area contributed by atoms with E-state index in [1.54, 1.807) is 19.1 Å². The van der Waals surface area contributed by atoms with Crippen LogP contribution in [-0.2, 0) is 11.2 Å². The number of rotatable bonds is 8. The second kappa shape index (κ2) is 8.66. The maximum Gasteiger partial charge on any atom is 0.234 e. The van der Waals surface area contributed by atoms with E-state index < -0.39 is 0 Å². The van der Waals surface area contributed by atoms with Crippen molar-refractivity contribution in [3.05, 3.63) is 35.6 Å². The number of nitrogens with zero attached hydrogens (tertiary/aromatic N) is 1. The van der Waals surface area contributed by atoms with Crippen LogP contribution in [0.1, 0.15) is 18.9 Å². The molecule has 0 spiro atoms. The highest BCUT2D eigenvalue weighted by molar-refractivity contribution is 5.77. The van der Waals surface area contributed by atoms with E-state index in [1.807, 2.05) is 11.9 Å². The lowest BCUT2D eigenvalue weighted by Crippen LogP contribution is -2.37. The van der Waals surface area contributed by atoms with E-state index in [1.165, 1.54) is 12.1 Å². The Morgan fingerprint density at radius 1 is 1.40 bits per heavy atom. The zero-order chi connectivity index (χ0) is 15.0. The molecule has 20 heavy (non-hydrogen) atoms. The summed E-state index contributed by atoms with van der Waals surface area (Å²) >= 11 is 0. The third-order valence-corrected chi connectivity index (χ3v) is 2.99. The van der Waals surface area contributed by atoms with Crippen molar-refractivity contribution in [2.75, 3.05) is 26.7 Å². The van der Waals surface area contributed by atoms with Crippen molar-refractivity contribution in [2.45, 2.75) is 25.9 Å². The minimum atomic E-state index is -0.348. The van der Waals surface area contributed by atoms with Crippen LogP contribution in [0.5, 0.6) is 0 Å². The molecular weight excluding hydrogens is 259 g/mol. The first-order valence-electron chi connectivity index (χ1n) is 6.85. The lowest BCUT2D eigenvalue weighted by Gasteiger charge is -2.17. The zero-order valence-corrected chi connectivity index (χ0v) is 12.1. The third-order valence-electron chi connectivity index (χ3n) is 2.99. The number of nitrogens with one attached hydrogen (secondary N) is 1. The lowest BCUT2D eigenvalue weighted by atomic mass is 10.1. The highest BCUT2D eigenvalue weighted by atomic mass is 19.1. The smallest absolute Gasteiger partial charge is 0.234 e. The molecule has 0 aliphatic rings. The van der Waals surface area contributed by atoms with E-state index in [0.717, 1.165) is 5.56 Å². The van der Waals surface area contributed by atoms with Gasteiger partial charge in [0.15, 0.2) is 0 Å². The SMILES string of the molecule is CC(O)CCN(C)CC(=O)NCCc1ccc(F)cc1. The standard InChI is InChI=1S/C15H23FN2O2/c1-12(19)8-10-18(2)11-15(20)17-9-7-13-3-5-14(16)6-4-13/h3-6,12,19H,7-11H2,1-2H3,(H,17,20). The van der Waals surface area contributed by atoms with Crippen LogP contribution in [0.15, 0.2) is 24.3 Å². The molecule has 0 saturated carbocycles. The molecule has 0 radical (unpaired) electrons. The van der Waals surface area contributed by atoms with Crippen molar-refractivity contribution >= 4 is 5.91 Å². The van der Waals surface area contributed by atoms with Crippen molar-refractivity contribution in [3.8, 4) is 0 Å². The molecular formula is C15H23FN2O2. The molecule has 0 aliphatic carbocycles. The van der Waals surface area contributed by atoms with Crippen LogP contribution in [0.3, 0.4) is 0 Å². The van der Waals surface area contributed by atoms with Crippen molar-refractivity contribution in [2.24, 2.45) is 0 Å². The van der Waals surface area contributed by atoms with Gasteiger partial charge in [0, 0.05) is 13.1 Å². The van der Waals surface area contributed by atoms with Gasteiger partial charge in [-0.1, -0.05) is 12.1 Å². The fourth-order valence-electron chi connectivity index (χ4n) is 1.78. The van der Waals surface area contributed by atoms with E-state index >= 15 is 0 Å². The number of benzene rings is 1. The van der Waals surface area contributed by atoms with E-state index in [0.29, 0.717) is 32.5 Å². The summed E-state index contributed by atoms with van der Waals surface area (Å²) < 4.78 is 12.7. The van der Waals surface area contributed by atoms with Crippen molar-refractivity contribution in [3.63, 3.8) is 0 Å². The second-order valence-electron chi connectivity index (χ2n) is 5.10. The van der Waals surface area contributed by atoms with Crippen LogP contribution in [0.2, 0.25) is 0 Å². The van der Waals surface area contributed by atoms with Gasteiger partial charge in [-0.2, -0.15) is 0 Å². The van der Waals surface area contributed by atoms with Crippen molar-refractivity contribution < 1.29 is 14.3 Å². The number of carbonyl (C=O) groups excluding carboxylic acids is 1. The molecule has 112 valence electrons. The Hall–Kier alpha value is -1.46. The third kappa shape index (κ3) is 7.21. The summed E-state index contributed by atoms with van der Waals surface area (Å²) in [5, 5.41) is 12.0. The molecule has 0 saturated heterocycles. The summed E-state index contributed by atoms with van der Waals surface area (Å²) in [7, 11) is 1.85. The minimum Gasteiger partial charge on any atom is -0.393 e.